The van der Waals surface area contributed by atoms with Crippen molar-refractivity contribution in [1.29, 1.82) is 0 Å². The van der Waals surface area contributed by atoms with Crippen LogP contribution in [0.15, 0.2) is 74.7 Å². The average molecular weight is 405 g/mol. The second kappa shape index (κ2) is 7.61. The van der Waals surface area contributed by atoms with E-state index in [2.05, 4.69) is 4.90 Å². The maximum Gasteiger partial charge on any atom is 0.235 e. The molecule has 0 N–H and O–H groups in total. The van der Waals surface area contributed by atoms with Gasteiger partial charge in [0.1, 0.15) is 41.6 Å². The molecule has 1 aliphatic heterocycles. The molecular formula is C23H19NO6. The molecule has 152 valence electrons. The first-order valence-electron chi connectivity index (χ1n) is 9.48. The van der Waals surface area contributed by atoms with Crippen LogP contribution in [0.1, 0.15) is 11.3 Å². The highest BCUT2D eigenvalue weighted by Gasteiger charge is 2.23. The van der Waals surface area contributed by atoms with Crippen LogP contribution in [0.3, 0.4) is 0 Å². The predicted molar refractivity (Wildman–Crippen MR) is 109 cm³/mol. The largest absolute Gasteiger partial charge is 0.497 e. The molecule has 0 spiro atoms. The fourth-order valence-corrected chi connectivity index (χ4v) is 3.50. The third kappa shape index (κ3) is 3.40. The molecule has 0 saturated carbocycles. The van der Waals surface area contributed by atoms with Crippen LogP contribution >= 0.6 is 0 Å². The van der Waals surface area contributed by atoms with Gasteiger partial charge in [-0.15, -0.1) is 0 Å². The average Bonchev–Trinajstić information content (AvgIpc) is 3.29. The Morgan fingerprint density at radius 1 is 1.03 bits per heavy atom. The Bertz CT molecular complexity index is 1230. The Morgan fingerprint density at radius 2 is 1.87 bits per heavy atom. The smallest absolute Gasteiger partial charge is 0.235 e. The lowest BCUT2D eigenvalue weighted by Crippen LogP contribution is -2.31. The van der Waals surface area contributed by atoms with E-state index >= 15 is 0 Å². The van der Waals surface area contributed by atoms with Crippen molar-refractivity contribution >= 4 is 11.0 Å². The van der Waals surface area contributed by atoms with Crippen molar-refractivity contribution in [1.82, 2.24) is 4.90 Å². The minimum absolute atomic E-state index is 0.122. The van der Waals surface area contributed by atoms with Gasteiger partial charge in [-0.3, -0.25) is 9.69 Å². The Balaban J connectivity index is 1.45. The highest BCUT2D eigenvalue weighted by molar-refractivity contribution is 5.83. The van der Waals surface area contributed by atoms with Crippen LogP contribution in [-0.4, -0.2) is 18.7 Å². The fraction of sp³-hybridized carbons (Fsp3) is 0.174. The third-order valence-electron chi connectivity index (χ3n) is 5.00. The molecule has 7 heteroatoms. The zero-order valence-corrected chi connectivity index (χ0v) is 16.3. The summed E-state index contributed by atoms with van der Waals surface area (Å²) in [5.74, 6) is 2.91. The van der Waals surface area contributed by atoms with Crippen LogP contribution in [0.25, 0.3) is 11.0 Å². The standard InChI is InChI=1S/C23H19NO6/c1-26-15-4-6-16(7-5-15)30-21-13-28-23-18(22(21)25)8-9-20-19(23)12-24(14-29-20)11-17-3-2-10-27-17/h2-10,13H,11-12,14H2,1H3. The van der Waals surface area contributed by atoms with Crippen molar-refractivity contribution in [2.24, 2.45) is 0 Å². The highest BCUT2D eigenvalue weighted by atomic mass is 16.5. The van der Waals surface area contributed by atoms with E-state index in [-0.39, 0.29) is 11.2 Å². The summed E-state index contributed by atoms with van der Waals surface area (Å²) in [6.45, 7) is 1.61. The Kier molecular flexibility index (Phi) is 4.65. The number of hydrogen-bond donors (Lipinski definition) is 0. The summed E-state index contributed by atoms with van der Waals surface area (Å²) in [5.41, 5.74) is 1.10. The summed E-state index contributed by atoms with van der Waals surface area (Å²) >= 11 is 0. The molecule has 30 heavy (non-hydrogen) atoms. The van der Waals surface area contributed by atoms with E-state index in [1.807, 2.05) is 12.1 Å². The molecule has 3 heterocycles. The van der Waals surface area contributed by atoms with Gasteiger partial charge in [-0.1, -0.05) is 0 Å². The van der Waals surface area contributed by atoms with Gasteiger partial charge in [-0.25, -0.2) is 0 Å². The van der Waals surface area contributed by atoms with Gasteiger partial charge >= 0.3 is 0 Å². The molecule has 5 rings (SSSR count). The van der Waals surface area contributed by atoms with Gasteiger partial charge < -0.3 is 23.0 Å². The molecule has 0 saturated heterocycles. The Labute approximate surface area is 172 Å². The number of benzene rings is 2. The number of methoxy groups -OCH3 is 1. The molecule has 1 aliphatic rings. The van der Waals surface area contributed by atoms with Crippen molar-refractivity contribution in [3.05, 3.63) is 82.6 Å². The van der Waals surface area contributed by atoms with Gasteiger partial charge in [0.05, 0.1) is 30.9 Å². The summed E-state index contributed by atoms with van der Waals surface area (Å²) in [7, 11) is 1.59. The molecule has 0 fully saturated rings. The monoisotopic (exact) mass is 405 g/mol. The summed E-state index contributed by atoms with van der Waals surface area (Å²) in [4.78, 5) is 15.1. The van der Waals surface area contributed by atoms with Crippen LogP contribution in [0, 0.1) is 0 Å². The van der Waals surface area contributed by atoms with Crippen LogP contribution in [0.4, 0.5) is 0 Å². The van der Waals surface area contributed by atoms with E-state index in [0.29, 0.717) is 48.0 Å². The number of furan rings is 1. The fourth-order valence-electron chi connectivity index (χ4n) is 3.50. The lowest BCUT2D eigenvalue weighted by Gasteiger charge is -2.28. The van der Waals surface area contributed by atoms with E-state index in [1.54, 1.807) is 49.8 Å². The van der Waals surface area contributed by atoms with Gasteiger partial charge in [0, 0.05) is 6.54 Å². The number of ether oxygens (including phenoxy) is 3. The van der Waals surface area contributed by atoms with E-state index in [9.17, 15) is 4.79 Å². The second-order valence-corrected chi connectivity index (χ2v) is 6.97. The van der Waals surface area contributed by atoms with Crippen molar-refractivity contribution in [2.75, 3.05) is 13.8 Å². The first kappa shape index (κ1) is 18.3. The topological polar surface area (TPSA) is 74.3 Å². The van der Waals surface area contributed by atoms with E-state index < -0.39 is 0 Å². The second-order valence-electron chi connectivity index (χ2n) is 6.97. The minimum atomic E-state index is -0.238. The maximum absolute atomic E-state index is 13.0. The lowest BCUT2D eigenvalue weighted by atomic mass is 10.1. The molecule has 7 nitrogen and oxygen atoms in total. The van der Waals surface area contributed by atoms with Crippen LogP contribution in [-0.2, 0) is 13.1 Å². The molecule has 2 aromatic heterocycles. The van der Waals surface area contributed by atoms with Crippen LogP contribution < -0.4 is 19.6 Å². The highest BCUT2D eigenvalue weighted by Crippen LogP contribution is 2.33. The first-order valence-corrected chi connectivity index (χ1v) is 9.48. The molecule has 0 radical (unpaired) electrons. The maximum atomic E-state index is 13.0. The van der Waals surface area contributed by atoms with E-state index in [1.165, 1.54) is 6.26 Å². The Hall–Kier alpha value is -3.71. The van der Waals surface area contributed by atoms with Crippen LogP contribution in [0.5, 0.6) is 23.0 Å². The molecule has 0 aliphatic carbocycles. The van der Waals surface area contributed by atoms with Gasteiger partial charge in [0.2, 0.25) is 11.2 Å². The molecule has 0 bridgehead atoms. The molecule has 0 amide bonds. The minimum Gasteiger partial charge on any atom is -0.497 e. The quantitative estimate of drug-likeness (QED) is 0.483. The molecule has 0 atom stereocenters. The molecule has 0 unspecified atom stereocenters. The number of nitrogens with zero attached hydrogens (tertiary/aromatic N) is 1. The Morgan fingerprint density at radius 3 is 2.63 bits per heavy atom. The van der Waals surface area contributed by atoms with E-state index in [4.69, 9.17) is 23.0 Å². The first-order chi connectivity index (χ1) is 14.7. The van der Waals surface area contributed by atoms with E-state index in [0.717, 1.165) is 11.3 Å². The summed E-state index contributed by atoms with van der Waals surface area (Å²) in [6, 6.07) is 14.3. The summed E-state index contributed by atoms with van der Waals surface area (Å²) in [6.07, 6.45) is 2.99. The number of fused-ring (bicyclic) bond motifs is 3. The van der Waals surface area contributed by atoms with Crippen LogP contribution in [0.2, 0.25) is 0 Å². The summed E-state index contributed by atoms with van der Waals surface area (Å²) < 4.78 is 28.0. The predicted octanol–water partition coefficient (Wildman–Crippen LogP) is 4.54. The van der Waals surface area contributed by atoms with Crippen molar-refractivity contribution < 1.29 is 23.0 Å². The molecule has 4 aromatic rings. The van der Waals surface area contributed by atoms with Crippen molar-refractivity contribution in [3.63, 3.8) is 0 Å². The third-order valence-corrected chi connectivity index (χ3v) is 5.00. The molecular weight excluding hydrogens is 386 g/mol. The van der Waals surface area contributed by atoms with Gasteiger partial charge in [0.15, 0.2) is 0 Å². The molecule has 2 aromatic carbocycles. The normalized spacial score (nSPS) is 13.6. The summed E-state index contributed by atoms with van der Waals surface area (Å²) in [5, 5.41) is 0.447. The van der Waals surface area contributed by atoms with Gasteiger partial charge in [-0.05, 0) is 48.5 Å². The lowest BCUT2D eigenvalue weighted by molar-refractivity contribution is 0.0826. The van der Waals surface area contributed by atoms with Crippen molar-refractivity contribution in [3.8, 4) is 23.0 Å². The SMILES string of the molecule is COc1ccc(Oc2coc3c4c(ccc3c2=O)OCN(Cc2ccco2)C4)cc1. The number of hydrogen-bond acceptors (Lipinski definition) is 7. The van der Waals surface area contributed by atoms with Gasteiger partial charge in [0.25, 0.3) is 0 Å². The number of rotatable bonds is 5. The van der Waals surface area contributed by atoms with Gasteiger partial charge in [-0.2, -0.15) is 0 Å². The zero-order valence-electron chi connectivity index (χ0n) is 16.3. The van der Waals surface area contributed by atoms with Crippen molar-refractivity contribution in [2.45, 2.75) is 13.1 Å². The zero-order chi connectivity index (χ0) is 20.5.